The number of sulfonamides is 1. The average molecular weight is 330 g/mol. The van der Waals surface area contributed by atoms with Gasteiger partial charge in [0.2, 0.25) is 10.0 Å². The lowest BCUT2D eigenvalue weighted by atomic mass is 10.3. The quantitative estimate of drug-likeness (QED) is 0.898. The van der Waals surface area contributed by atoms with Crippen LogP contribution in [0.3, 0.4) is 0 Å². The number of nitrogens with zero attached hydrogens (tertiary/aromatic N) is 2. The number of aromatic nitrogens is 1. The van der Waals surface area contributed by atoms with Gasteiger partial charge in [0.05, 0.1) is 12.2 Å². The van der Waals surface area contributed by atoms with E-state index in [1.54, 1.807) is 19.9 Å². The summed E-state index contributed by atoms with van der Waals surface area (Å²) >= 11 is 0.899. The van der Waals surface area contributed by atoms with Crippen molar-refractivity contribution in [3.05, 3.63) is 33.3 Å². The second-order valence-electron chi connectivity index (χ2n) is 4.57. The molecule has 114 valence electrons. The molecule has 2 aromatic heterocycles. The summed E-state index contributed by atoms with van der Waals surface area (Å²) in [5.74, 6) is -0.675. The van der Waals surface area contributed by atoms with Gasteiger partial charge in [-0.2, -0.15) is 4.31 Å². The summed E-state index contributed by atoms with van der Waals surface area (Å²) in [4.78, 5) is 10.8. The first kappa shape index (κ1) is 15.7. The van der Waals surface area contributed by atoms with Gasteiger partial charge in [-0.25, -0.2) is 13.2 Å². The van der Waals surface area contributed by atoms with Crippen molar-refractivity contribution in [2.45, 2.75) is 25.3 Å². The Balaban J connectivity index is 2.37. The Kier molecular flexibility index (Phi) is 4.17. The normalized spacial score (nSPS) is 12.0. The molecule has 2 heterocycles. The molecule has 0 radical (unpaired) electrons. The Hall–Kier alpha value is -1.71. The largest absolute Gasteiger partial charge is 0.477 e. The zero-order valence-corrected chi connectivity index (χ0v) is 13.3. The molecule has 1 N–H and O–H groups in total. The van der Waals surface area contributed by atoms with Crippen LogP contribution in [-0.4, -0.2) is 36.0 Å². The second-order valence-corrected chi connectivity index (χ2v) is 7.43. The van der Waals surface area contributed by atoms with Crippen LogP contribution in [0.2, 0.25) is 0 Å². The van der Waals surface area contributed by atoms with E-state index in [-0.39, 0.29) is 16.3 Å². The Morgan fingerprint density at radius 1 is 1.48 bits per heavy atom. The number of aromatic carboxylic acids is 1. The van der Waals surface area contributed by atoms with Crippen molar-refractivity contribution in [2.24, 2.45) is 0 Å². The van der Waals surface area contributed by atoms with Gasteiger partial charge in [0.1, 0.15) is 15.5 Å². The highest BCUT2D eigenvalue weighted by molar-refractivity contribution is 7.89. The third kappa shape index (κ3) is 2.99. The van der Waals surface area contributed by atoms with Crippen LogP contribution in [0.4, 0.5) is 0 Å². The van der Waals surface area contributed by atoms with Gasteiger partial charge in [-0.05, 0) is 24.8 Å². The summed E-state index contributed by atoms with van der Waals surface area (Å²) in [5, 5.41) is 14.4. The fraction of sp³-hybridized carbons (Fsp3) is 0.333. The molecule has 0 amide bonds. The molecule has 0 saturated heterocycles. The van der Waals surface area contributed by atoms with Gasteiger partial charge in [0.25, 0.3) is 0 Å². The first-order valence-electron chi connectivity index (χ1n) is 5.93. The standard InChI is InChI=1S/C12H14N2O5S2/c1-7-6-20-10(12(15)16)11(7)21(17,18)14(3)5-9-4-8(2)19-13-9/h4,6H,5H2,1-3H3,(H,15,16). The molecule has 0 aliphatic rings. The Morgan fingerprint density at radius 3 is 2.67 bits per heavy atom. The second kappa shape index (κ2) is 5.58. The van der Waals surface area contributed by atoms with E-state index < -0.39 is 16.0 Å². The van der Waals surface area contributed by atoms with Gasteiger partial charge in [-0.3, -0.25) is 0 Å². The van der Waals surface area contributed by atoms with Crippen LogP contribution in [0, 0.1) is 13.8 Å². The predicted molar refractivity (Wildman–Crippen MR) is 75.9 cm³/mol. The maximum Gasteiger partial charge on any atom is 0.347 e. The maximum absolute atomic E-state index is 12.6. The number of carboxylic acid groups (broad SMARTS) is 1. The number of carbonyl (C=O) groups is 1. The third-order valence-electron chi connectivity index (χ3n) is 2.84. The van der Waals surface area contributed by atoms with Crippen LogP contribution in [0.15, 0.2) is 20.9 Å². The Labute approximate surface area is 125 Å². The van der Waals surface area contributed by atoms with E-state index in [4.69, 9.17) is 9.63 Å². The minimum Gasteiger partial charge on any atom is -0.477 e. The van der Waals surface area contributed by atoms with Gasteiger partial charge in [0, 0.05) is 13.1 Å². The minimum atomic E-state index is -3.91. The highest BCUT2D eigenvalue weighted by Gasteiger charge is 2.30. The number of aryl methyl sites for hydroxylation is 2. The van der Waals surface area contributed by atoms with Crippen LogP contribution < -0.4 is 0 Å². The van der Waals surface area contributed by atoms with Crippen molar-refractivity contribution in [3.8, 4) is 0 Å². The van der Waals surface area contributed by atoms with E-state index in [2.05, 4.69) is 5.16 Å². The number of thiophene rings is 1. The van der Waals surface area contributed by atoms with E-state index in [0.29, 0.717) is 17.0 Å². The number of hydrogen-bond acceptors (Lipinski definition) is 6. The molecule has 0 aliphatic carbocycles. The molecule has 7 nitrogen and oxygen atoms in total. The number of carboxylic acids is 1. The van der Waals surface area contributed by atoms with Crippen molar-refractivity contribution >= 4 is 27.3 Å². The van der Waals surface area contributed by atoms with E-state index >= 15 is 0 Å². The molecule has 2 rings (SSSR count). The van der Waals surface area contributed by atoms with Crippen molar-refractivity contribution in [1.82, 2.24) is 9.46 Å². The Morgan fingerprint density at radius 2 is 2.14 bits per heavy atom. The van der Waals surface area contributed by atoms with Gasteiger partial charge in [0.15, 0.2) is 0 Å². The molecule has 0 bridgehead atoms. The summed E-state index contributed by atoms with van der Waals surface area (Å²) < 4.78 is 31.1. The number of rotatable bonds is 5. The third-order valence-corrected chi connectivity index (χ3v) is 6.05. The number of hydrogen-bond donors (Lipinski definition) is 1. The fourth-order valence-electron chi connectivity index (χ4n) is 1.86. The van der Waals surface area contributed by atoms with E-state index in [9.17, 15) is 13.2 Å². The monoisotopic (exact) mass is 330 g/mol. The van der Waals surface area contributed by atoms with Gasteiger partial charge < -0.3 is 9.63 Å². The van der Waals surface area contributed by atoms with Gasteiger partial charge in [-0.15, -0.1) is 11.3 Å². The van der Waals surface area contributed by atoms with Crippen LogP contribution in [-0.2, 0) is 16.6 Å². The van der Waals surface area contributed by atoms with Gasteiger partial charge in [-0.1, -0.05) is 5.16 Å². The fourth-order valence-corrected chi connectivity index (χ4v) is 4.58. The molecular formula is C12H14N2O5S2. The highest BCUT2D eigenvalue weighted by Crippen LogP contribution is 2.29. The van der Waals surface area contributed by atoms with Crippen LogP contribution >= 0.6 is 11.3 Å². The molecular weight excluding hydrogens is 316 g/mol. The molecule has 21 heavy (non-hydrogen) atoms. The molecule has 0 unspecified atom stereocenters. The van der Waals surface area contributed by atoms with Crippen molar-refractivity contribution in [2.75, 3.05) is 7.05 Å². The first-order valence-corrected chi connectivity index (χ1v) is 8.25. The van der Waals surface area contributed by atoms with E-state index in [0.717, 1.165) is 15.6 Å². The summed E-state index contributed by atoms with van der Waals surface area (Å²) in [5.41, 5.74) is 0.879. The van der Waals surface area contributed by atoms with Crippen molar-refractivity contribution < 1.29 is 22.8 Å². The lowest BCUT2D eigenvalue weighted by molar-refractivity contribution is 0.0698. The lowest BCUT2D eigenvalue weighted by Gasteiger charge is -2.16. The predicted octanol–water partition coefficient (Wildman–Crippen LogP) is 1.87. The molecule has 0 aliphatic heterocycles. The van der Waals surface area contributed by atoms with Crippen molar-refractivity contribution in [1.29, 1.82) is 0 Å². The summed E-state index contributed by atoms with van der Waals surface area (Å²) in [6, 6.07) is 1.63. The SMILES string of the molecule is Cc1cc(CN(C)S(=O)(=O)c2c(C)csc2C(=O)O)no1. The summed E-state index contributed by atoms with van der Waals surface area (Å²) in [6.45, 7) is 3.29. The molecule has 0 spiro atoms. The highest BCUT2D eigenvalue weighted by atomic mass is 32.2. The zero-order valence-electron chi connectivity index (χ0n) is 11.7. The van der Waals surface area contributed by atoms with Crippen LogP contribution in [0.1, 0.15) is 26.7 Å². The maximum atomic E-state index is 12.6. The molecule has 0 aromatic carbocycles. The zero-order chi connectivity index (χ0) is 15.8. The topological polar surface area (TPSA) is 101 Å². The molecule has 0 fully saturated rings. The molecule has 0 saturated carbocycles. The summed E-state index contributed by atoms with van der Waals surface area (Å²) in [7, 11) is -2.53. The molecule has 0 atom stereocenters. The van der Waals surface area contributed by atoms with Crippen LogP contribution in [0.5, 0.6) is 0 Å². The Bertz CT molecular complexity index is 775. The van der Waals surface area contributed by atoms with Crippen LogP contribution in [0.25, 0.3) is 0 Å². The lowest BCUT2D eigenvalue weighted by Crippen LogP contribution is -2.28. The molecule has 9 heteroatoms. The van der Waals surface area contributed by atoms with Crippen molar-refractivity contribution in [3.63, 3.8) is 0 Å². The van der Waals surface area contributed by atoms with E-state index in [1.165, 1.54) is 12.4 Å². The minimum absolute atomic E-state index is 0.00796. The average Bonchev–Trinajstić information content (AvgIpc) is 2.95. The smallest absolute Gasteiger partial charge is 0.347 e. The van der Waals surface area contributed by atoms with Gasteiger partial charge >= 0.3 is 5.97 Å². The summed E-state index contributed by atoms with van der Waals surface area (Å²) in [6.07, 6.45) is 0. The first-order chi connectivity index (χ1) is 9.73. The van der Waals surface area contributed by atoms with E-state index in [1.807, 2.05) is 0 Å². The molecule has 2 aromatic rings.